The summed E-state index contributed by atoms with van der Waals surface area (Å²) in [7, 11) is 1.67. The Bertz CT molecular complexity index is 1190. The van der Waals surface area contributed by atoms with E-state index in [1.54, 1.807) is 7.11 Å². The number of nitrogens with one attached hydrogen (secondary N) is 2. The molecule has 0 spiro atoms. The van der Waals surface area contributed by atoms with E-state index in [4.69, 9.17) is 26.9 Å². The number of thiocarbonyl (C=S) groups is 1. The number of rotatable bonds is 6. The molecule has 36 heavy (non-hydrogen) atoms. The van der Waals surface area contributed by atoms with Gasteiger partial charge in [0.25, 0.3) is 0 Å². The zero-order valence-corrected chi connectivity index (χ0v) is 21.9. The van der Waals surface area contributed by atoms with Gasteiger partial charge >= 0.3 is 0 Å². The number of aromatic nitrogens is 2. The molecule has 7 nitrogen and oxygen atoms in total. The molecule has 0 bridgehead atoms. The summed E-state index contributed by atoms with van der Waals surface area (Å²) in [4.78, 5) is 14.5. The van der Waals surface area contributed by atoms with Gasteiger partial charge in [-0.25, -0.2) is 0 Å². The summed E-state index contributed by atoms with van der Waals surface area (Å²) in [5, 5.41) is 7.02. The molecule has 0 amide bonds. The smallest absolute Gasteiger partial charge is 0.232 e. The zero-order chi connectivity index (χ0) is 24.9. The van der Waals surface area contributed by atoms with Crippen molar-refractivity contribution in [1.82, 2.24) is 15.3 Å². The SMILES string of the molecule is COc1ccc(CNC(=S)Nc2nc(N3CCC(C)CC3)cc(N3CCc4ccccc4C3)n2)cc1. The van der Waals surface area contributed by atoms with Gasteiger partial charge in [-0.05, 0) is 66.2 Å². The van der Waals surface area contributed by atoms with Gasteiger partial charge in [-0.3, -0.25) is 0 Å². The molecule has 5 rings (SSSR count). The minimum Gasteiger partial charge on any atom is -0.497 e. The van der Waals surface area contributed by atoms with Crippen molar-refractivity contribution in [1.29, 1.82) is 0 Å². The highest BCUT2D eigenvalue weighted by atomic mass is 32.1. The van der Waals surface area contributed by atoms with Crippen LogP contribution in [0.3, 0.4) is 0 Å². The zero-order valence-electron chi connectivity index (χ0n) is 21.0. The molecule has 2 aliphatic heterocycles. The molecule has 188 valence electrons. The molecule has 0 atom stereocenters. The highest BCUT2D eigenvalue weighted by Gasteiger charge is 2.22. The van der Waals surface area contributed by atoms with E-state index in [0.717, 1.165) is 61.5 Å². The Balaban J connectivity index is 1.33. The molecule has 2 aliphatic rings. The van der Waals surface area contributed by atoms with E-state index in [-0.39, 0.29) is 0 Å². The number of hydrogen-bond donors (Lipinski definition) is 2. The van der Waals surface area contributed by atoms with Crippen LogP contribution in [0.25, 0.3) is 0 Å². The topological polar surface area (TPSA) is 65.6 Å². The molecule has 3 heterocycles. The minimum atomic E-state index is 0.505. The second-order valence-electron chi connectivity index (χ2n) is 9.67. The van der Waals surface area contributed by atoms with Gasteiger partial charge in [-0.15, -0.1) is 0 Å². The van der Waals surface area contributed by atoms with Crippen molar-refractivity contribution in [2.24, 2.45) is 5.92 Å². The molecule has 0 unspecified atom stereocenters. The first kappa shape index (κ1) is 24.3. The molecule has 0 aliphatic carbocycles. The van der Waals surface area contributed by atoms with E-state index >= 15 is 0 Å². The summed E-state index contributed by atoms with van der Waals surface area (Å²) in [6.07, 6.45) is 3.38. The summed E-state index contributed by atoms with van der Waals surface area (Å²) < 4.78 is 5.24. The molecular formula is C28H34N6OS. The highest BCUT2D eigenvalue weighted by Crippen LogP contribution is 2.29. The Kier molecular flexibility index (Phi) is 7.51. The van der Waals surface area contributed by atoms with E-state index in [2.05, 4.69) is 57.7 Å². The molecule has 0 saturated carbocycles. The van der Waals surface area contributed by atoms with Gasteiger partial charge in [0.1, 0.15) is 17.4 Å². The molecule has 1 saturated heterocycles. The molecule has 1 fully saturated rings. The summed E-state index contributed by atoms with van der Waals surface area (Å²) in [5.41, 5.74) is 3.90. The largest absolute Gasteiger partial charge is 0.497 e. The number of ether oxygens (including phenoxy) is 1. The number of methoxy groups -OCH3 is 1. The van der Waals surface area contributed by atoms with E-state index in [9.17, 15) is 0 Å². The molecule has 1 aromatic heterocycles. The first-order valence-electron chi connectivity index (χ1n) is 12.7. The molecule has 8 heteroatoms. The number of nitrogens with zero attached hydrogens (tertiary/aromatic N) is 4. The highest BCUT2D eigenvalue weighted by molar-refractivity contribution is 7.80. The van der Waals surface area contributed by atoms with Crippen LogP contribution in [-0.2, 0) is 19.5 Å². The van der Waals surface area contributed by atoms with Gasteiger partial charge in [0.2, 0.25) is 5.95 Å². The van der Waals surface area contributed by atoms with Gasteiger partial charge in [0.05, 0.1) is 7.11 Å². The van der Waals surface area contributed by atoms with Gasteiger partial charge < -0.3 is 25.2 Å². The fraction of sp³-hybridized carbons (Fsp3) is 0.393. The molecule has 2 aromatic carbocycles. The van der Waals surface area contributed by atoms with Crippen molar-refractivity contribution in [3.05, 3.63) is 71.3 Å². The van der Waals surface area contributed by atoms with Crippen LogP contribution in [-0.4, -0.2) is 41.8 Å². The summed E-state index contributed by atoms with van der Waals surface area (Å²) in [6, 6.07) is 18.8. The van der Waals surface area contributed by atoms with Gasteiger partial charge in [-0.2, -0.15) is 9.97 Å². The van der Waals surface area contributed by atoms with Crippen molar-refractivity contribution >= 4 is 34.9 Å². The Labute approximate surface area is 218 Å². The lowest BCUT2D eigenvalue weighted by Gasteiger charge is -2.33. The first-order chi connectivity index (χ1) is 17.6. The lowest BCUT2D eigenvalue weighted by Crippen LogP contribution is -2.35. The standard InChI is InChI=1S/C28H34N6OS/c1-20-11-14-33(15-12-20)25-17-26(34-16-13-22-5-3-4-6-23(22)19-34)31-27(30-25)32-28(36)29-18-21-7-9-24(35-2)10-8-21/h3-10,17,20H,11-16,18-19H2,1-2H3,(H2,29,30,31,32,36). The van der Waals surface area contributed by atoms with Crippen molar-refractivity contribution in [2.45, 2.75) is 39.3 Å². The predicted molar refractivity (Wildman–Crippen MR) is 150 cm³/mol. The number of piperidine rings is 1. The Morgan fingerprint density at radius 1 is 0.972 bits per heavy atom. The molecule has 0 radical (unpaired) electrons. The monoisotopic (exact) mass is 502 g/mol. The summed E-state index contributed by atoms with van der Waals surface area (Å²) in [6.45, 7) is 6.75. The molecule has 2 N–H and O–H groups in total. The van der Waals surface area contributed by atoms with Crippen LogP contribution in [0.1, 0.15) is 36.5 Å². The third-order valence-electron chi connectivity index (χ3n) is 7.10. The normalized spacial score (nSPS) is 15.8. The second kappa shape index (κ2) is 11.1. The van der Waals surface area contributed by atoms with Crippen molar-refractivity contribution in [3.8, 4) is 5.75 Å². The Hall–Kier alpha value is -3.39. The van der Waals surface area contributed by atoms with Crippen LogP contribution in [0.2, 0.25) is 0 Å². The van der Waals surface area contributed by atoms with Crippen LogP contribution >= 0.6 is 12.2 Å². The number of benzene rings is 2. The second-order valence-corrected chi connectivity index (χ2v) is 10.1. The van der Waals surface area contributed by atoms with Crippen LogP contribution in [0.5, 0.6) is 5.75 Å². The van der Waals surface area contributed by atoms with Crippen LogP contribution < -0.4 is 25.2 Å². The lowest BCUT2D eigenvalue weighted by atomic mass is 9.99. The predicted octanol–water partition coefficient (Wildman–Crippen LogP) is 4.77. The average Bonchev–Trinajstić information content (AvgIpc) is 2.92. The maximum absolute atomic E-state index is 5.60. The van der Waals surface area contributed by atoms with E-state index in [0.29, 0.717) is 17.6 Å². The van der Waals surface area contributed by atoms with Gasteiger partial charge in [0.15, 0.2) is 5.11 Å². The van der Waals surface area contributed by atoms with Crippen molar-refractivity contribution < 1.29 is 4.74 Å². The third-order valence-corrected chi connectivity index (χ3v) is 7.35. The first-order valence-corrected chi connectivity index (χ1v) is 13.1. The summed E-state index contributed by atoms with van der Waals surface area (Å²) in [5.74, 6) is 4.03. The molecular weight excluding hydrogens is 468 g/mol. The van der Waals surface area contributed by atoms with Gasteiger partial charge in [0, 0.05) is 38.8 Å². The third kappa shape index (κ3) is 5.87. The van der Waals surface area contributed by atoms with Crippen LogP contribution in [0, 0.1) is 5.92 Å². The van der Waals surface area contributed by atoms with Crippen molar-refractivity contribution in [3.63, 3.8) is 0 Å². The van der Waals surface area contributed by atoms with E-state index < -0.39 is 0 Å². The quantitative estimate of drug-likeness (QED) is 0.468. The maximum atomic E-state index is 5.60. The minimum absolute atomic E-state index is 0.505. The van der Waals surface area contributed by atoms with Gasteiger partial charge in [-0.1, -0.05) is 43.3 Å². The van der Waals surface area contributed by atoms with E-state index in [1.165, 1.54) is 24.0 Å². The number of anilines is 3. The van der Waals surface area contributed by atoms with Crippen LogP contribution in [0.15, 0.2) is 54.6 Å². The lowest BCUT2D eigenvalue weighted by molar-refractivity contribution is 0.414. The van der Waals surface area contributed by atoms with E-state index in [1.807, 2.05) is 24.3 Å². The Morgan fingerprint density at radius 3 is 2.39 bits per heavy atom. The average molecular weight is 503 g/mol. The molecule has 3 aromatic rings. The van der Waals surface area contributed by atoms with Crippen LogP contribution in [0.4, 0.5) is 17.6 Å². The summed E-state index contributed by atoms with van der Waals surface area (Å²) >= 11 is 5.60. The Morgan fingerprint density at radius 2 is 1.67 bits per heavy atom. The number of fused-ring (bicyclic) bond motifs is 1. The van der Waals surface area contributed by atoms with Crippen molar-refractivity contribution in [2.75, 3.05) is 41.9 Å². The fourth-order valence-electron chi connectivity index (χ4n) is 4.80. The maximum Gasteiger partial charge on any atom is 0.232 e. The number of hydrogen-bond acceptors (Lipinski definition) is 6. The fourth-order valence-corrected chi connectivity index (χ4v) is 4.97.